The molecule has 0 amide bonds. The van der Waals surface area contributed by atoms with Gasteiger partial charge in [-0.3, -0.25) is 10.1 Å². The highest BCUT2D eigenvalue weighted by atomic mass is 32.2. The van der Waals surface area contributed by atoms with Gasteiger partial charge in [0.2, 0.25) is 15.8 Å². The summed E-state index contributed by atoms with van der Waals surface area (Å²) in [6.07, 6.45) is 2.02. The van der Waals surface area contributed by atoms with Crippen molar-refractivity contribution < 1.29 is 17.7 Å². The molecule has 7 nitrogen and oxygen atoms in total. The molecule has 0 aliphatic heterocycles. The Labute approximate surface area is 115 Å². The molecule has 1 aromatic rings. The minimum Gasteiger partial charge on any atom is -0.326 e. The van der Waals surface area contributed by atoms with Crippen LogP contribution < -0.4 is 10.5 Å². The smallest absolute Gasteiger partial charge is 0.324 e. The average molecular weight is 303 g/mol. The number of rotatable bonds is 4. The Kier molecular flexibility index (Phi) is 4.02. The second-order valence-electron chi connectivity index (χ2n) is 4.67. The molecular formula is C11H14FN3O4S. The summed E-state index contributed by atoms with van der Waals surface area (Å²) in [6, 6.07) is 2.15. The van der Waals surface area contributed by atoms with E-state index in [2.05, 4.69) is 4.72 Å². The van der Waals surface area contributed by atoms with E-state index < -0.39 is 37.4 Å². The van der Waals surface area contributed by atoms with E-state index >= 15 is 0 Å². The summed E-state index contributed by atoms with van der Waals surface area (Å²) in [6.45, 7) is 0. The summed E-state index contributed by atoms with van der Waals surface area (Å²) in [4.78, 5) is 9.12. The largest absolute Gasteiger partial charge is 0.326 e. The van der Waals surface area contributed by atoms with E-state index in [1.165, 1.54) is 0 Å². The van der Waals surface area contributed by atoms with Gasteiger partial charge in [-0.2, -0.15) is 4.39 Å². The maximum Gasteiger partial charge on any atom is 0.324 e. The highest BCUT2D eigenvalue weighted by Crippen LogP contribution is 2.28. The van der Waals surface area contributed by atoms with Gasteiger partial charge in [-0.25, -0.2) is 13.1 Å². The van der Waals surface area contributed by atoms with Crippen molar-refractivity contribution in [2.24, 2.45) is 5.73 Å². The zero-order valence-corrected chi connectivity index (χ0v) is 11.3. The predicted molar refractivity (Wildman–Crippen MR) is 69.0 cm³/mol. The molecule has 1 aliphatic carbocycles. The molecular weight excluding hydrogens is 289 g/mol. The van der Waals surface area contributed by atoms with Gasteiger partial charge in [-0.05, 0) is 25.0 Å². The van der Waals surface area contributed by atoms with E-state index in [0.717, 1.165) is 24.6 Å². The van der Waals surface area contributed by atoms with Crippen LogP contribution in [-0.4, -0.2) is 25.4 Å². The molecule has 2 rings (SSSR count). The molecule has 110 valence electrons. The fraction of sp³-hybridized carbons (Fsp3) is 0.455. The number of sulfonamides is 1. The van der Waals surface area contributed by atoms with Crippen LogP contribution in [0.25, 0.3) is 0 Å². The van der Waals surface area contributed by atoms with Crippen LogP contribution in [0.15, 0.2) is 23.1 Å². The van der Waals surface area contributed by atoms with Gasteiger partial charge < -0.3 is 5.73 Å². The third kappa shape index (κ3) is 2.79. The fourth-order valence-electron chi connectivity index (χ4n) is 2.29. The number of nitro benzene ring substituents is 1. The predicted octanol–water partition coefficient (Wildman–Crippen LogP) is 0.892. The van der Waals surface area contributed by atoms with Crippen molar-refractivity contribution in [3.63, 3.8) is 0 Å². The van der Waals surface area contributed by atoms with Crippen LogP contribution >= 0.6 is 0 Å². The average Bonchev–Trinajstić information content (AvgIpc) is 2.73. The summed E-state index contributed by atoms with van der Waals surface area (Å²) >= 11 is 0. The molecule has 3 N–H and O–H groups in total. The number of hydrogen-bond acceptors (Lipinski definition) is 5. The minimum atomic E-state index is -4.19. The summed E-state index contributed by atoms with van der Waals surface area (Å²) in [5.41, 5.74) is 4.71. The molecule has 0 aromatic heterocycles. The van der Waals surface area contributed by atoms with Crippen molar-refractivity contribution in [3.05, 3.63) is 34.1 Å². The molecule has 0 spiro atoms. The molecule has 0 radical (unpaired) electrons. The number of nitro groups is 1. The van der Waals surface area contributed by atoms with Crippen molar-refractivity contribution in [2.45, 2.75) is 36.2 Å². The first-order valence-corrected chi connectivity index (χ1v) is 7.52. The van der Waals surface area contributed by atoms with Crippen LogP contribution in [0.2, 0.25) is 0 Å². The molecule has 0 saturated heterocycles. The molecule has 1 fully saturated rings. The van der Waals surface area contributed by atoms with Crippen LogP contribution in [0.5, 0.6) is 0 Å². The lowest BCUT2D eigenvalue weighted by Crippen LogP contribution is -2.44. The van der Waals surface area contributed by atoms with Crippen LogP contribution in [-0.2, 0) is 10.0 Å². The number of nitrogens with one attached hydrogen (secondary N) is 1. The molecule has 1 saturated carbocycles. The van der Waals surface area contributed by atoms with E-state index in [-0.39, 0.29) is 6.04 Å². The number of nitrogens with zero attached hydrogens (tertiary/aromatic N) is 1. The number of benzene rings is 1. The Morgan fingerprint density at radius 3 is 2.65 bits per heavy atom. The molecule has 9 heteroatoms. The van der Waals surface area contributed by atoms with Gasteiger partial charge >= 0.3 is 5.69 Å². The Hall–Kier alpha value is -1.58. The summed E-state index contributed by atoms with van der Waals surface area (Å²) < 4.78 is 40.1. The van der Waals surface area contributed by atoms with Crippen LogP contribution in [0.1, 0.15) is 19.3 Å². The number of nitrogens with two attached hydrogens (primary N) is 1. The maximum atomic E-state index is 13.5. The quantitative estimate of drug-likeness (QED) is 0.633. The highest BCUT2D eigenvalue weighted by molar-refractivity contribution is 7.89. The number of hydrogen-bond donors (Lipinski definition) is 2. The van der Waals surface area contributed by atoms with Crippen molar-refractivity contribution in [3.8, 4) is 0 Å². The fourth-order valence-corrected chi connectivity index (χ4v) is 3.79. The summed E-state index contributed by atoms with van der Waals surface area (Å²) in [7, 11) is -4.19. The topological polar surface area (TPSA) is 115 Å². The lowest BCUT2D eigenvalue weighted by Gasteiger charge is -2.17. The zero-order chi connectivity index (χ0) is 14.9. The molecule has 0 bridgehead atoms. The molecule has 2 atom stereocenters. The van der Waals surface area contributed by atoms with Gasteiger partial charge in [0.1, 0.15) is 0 Å². The van der Waals surface area contributed by atoms with E-state index in [0.29, 0.717) is 12.8 Å². The van der Waals surface area contributed by atoms with Crippen LogP contribution in [0.3, 0.4) is 0 Å². The first kappa shape index (κ1) is 14.8. The van der Waals surface area contributed by atoms with Crippen LogP contribution in [0.4, 0.5) is 10.1 Å². The first-order chi connectivity index (χ1) is 9.33. The Morgan fingerprint density at radius 2 is 2.10 bits per heavy atom. The van der Waals surface area contributed by atoms with Crippen molar-refractivity contribution in [1.29, 1.82) is 0 Å². The van der Waals surface area contributed by atoms with E-state index in [9.17, 15) is 22.9 Å². The molecule has 2 unspecified atom stereocenters. The normalized spacial score (nSPS) is 22.9. The van der Waals surface area contributed by atoms with Gasteiger partial charge in [-0.1, -0.05) is 12.5 Å². The molecule has 1 aromatic carbocycles. The van der Waals surface area contributed by atoms with Crippen molar-refractivity contribution in [1.82, 2.24) is 4.72 Å². The SMILES string of the molecule is NC1CCCC1NS(=O)(=O)c1cccc(F)c1[N+](=O)[O-]. The second-order valence-corrected chi connectivity index (χ2v) is 6.35. The van der Waals surface area contributed by atoms with Gasteiger partial charge in [0.15, 0.2) is 4.90 Å². The lowest BCUT2D eigenvalue weighted by molar-refractivity contribution is -0.390. The maximum absolute atomic E-state index is 13.5. The monoisotopic (exact) mass is 303 g/mol. The zero-order valence-electron chi connectivity index (χ0n) is 10.5. The first-order valence-electron chi connectivity index (χ1n) is 6.04. The highest BCUT2D eigenvalue weighted by Gasteiger charge is 2.34. The van der Waals surface area contributed by atoms with E-state index in [1.807, 2.05) is 0 Å². The Morgan fingerprint density at radius 1 is 1.40 bits per heavy atom. The number of para-hydroxylation sites is 1. The van der Waals surface area contributed by atoms with Gasteiger partial charge in [0, 0.05) is 12.1 Å². The summed E-state index contributed by atoms with van der Waals surface area (Å²) in [5, 5.41) is 10.8. The van der Waals surface area contributed by atoms with E-state index in [4.69, 9.17) is 5.73 Å². The molecule has 0 heterocycles. The Balaban J connectivity index is 2.39. The molecule has 20 heavy (non-hydrogen) atoms. The molecule has 1 aliphatic rings. The van der Waals surface area contributed by atoms with Crippen LogP contribution in [0, 0.1) is 15.9 Å². The van der Waals surface area contributed by atoms with Crippen molar-refractivity contribution >= 4 is 15.7 Å². The van der Waals surface area contributed by atoms with Crippen molar-refractivity contribution in [2.75, 3.05) is 0 Å². The van der Waals surface area contributed by atoms with Gasteiger partial charge in [0.25, 0.3) is 0 Å². The van der Waals surface area contributed by atoms with E-state index in [1.54, 1.807) is 0 Å². The van der Waals surface area contributed by atoms with Gasteiger partial charge in [0.05, 0.1) is 4.92 Å². The van der Waals surface area contributed by atoms with Gasteiger partial charge in [-0.15, -0.1) is 0 Å². The standard InChI is InChI=1S/C11H14FN3O4S/c12-7-3-1-6-10(11(7)15(16)17)20(18,19)14-9-5-2-4-8(9)13/h1,3,6,8-9,14H,2,4-5,13H2. The third-order valence-corrected chi connectivity index (χ3v) is 4.82. The minimum absolute atomic E-state index is 0.336. The lowest BCUT2D eigenvalue weighted by atomic mass is 10.2. The number of halogens is 1. The summed E-state index contributed by atoms with van der Waals surface area (Å²) in [5.74, 6) is -1.19. The second kappa shape index (κ2) is 5.43. The third-order valence-electron chi connectivity index (χ3n) is 3.30. The Bertz CT molecular complexity index is 635.